The van der Waals surface area contributed by atoms with Gasteiger partial charge in [-0.2, -0.15) is 0 Å². The van der Waals surface area contributed by atoms with Crippen molar-refractivity contribution in [1.29, 1.82) is 0 Å². The second-order valence-corrected chi connectivity index (χ2v) is 8.60. The maximum atomic E-state index is 14.4. The topological polar surface area (TPSA) is 89.1 Å². The molecule has 0 spiro atoms. The molecule has 0 amide bonds. The van der Waals surface area contributed by atoms with Gasteiger partial charge >= 0.3 is 0 Å². The highest BCUT2D eigenvalue weighted by Crippen LogP contribution is 2.37. The molecule has 1 aromatic carbocycles. The van der Waals surface area contributed by atoms with E-state index in [-0.39, 0.29) is 30.0 Å². The number of halogens is 3. The van der Waals surface area contributed by atoms with Gasteiger partial charge in [0.15, 0.2) is 5.78 Å². The molecular weight excluding hydrogens is 431 g/mol. The summed E-state index contributed by atoms with van der Waals surface area (Å²) in [7, 11) is 0. The fourth-order valence-electron chi connectivity index (χ4n) is 4.57. The number of ketones is 1. The van der Waals surface area contributed by atoms with Gasteiger partial charge in [-0.3, -0.25) is 9.78 Å². The summed E-state index contributed by atoms with van der Waals surface area (Å²) in [6.45, 7) is 1.94. The molecule has 33 heavy (non-hydrogen) atoms. The van der Waals surface area contributed by atoms with E-state index in [4.69, 9.17) is 5.73 Å². The Kier molecular flexibility index (Phi) is 6.58. The van der Waals surface area contributed by atoms with Crippen LogP contribution in [0.4, 0.5) is 13.2 Å². The largest absolute Gasteiger partial charge is 0.391 e. The van der Waals surface area contributed by atoms with E-state index in [0.717, 1.165) is 23.8 Å². The second kappa shape index (κ2) is 9.41. The first-order valence-corrected chi connectivity index (χ1v) is 10.8. The minimum atomic E-state index is -0.967. The second-order valence-electron chi connectivity index (χ2n) is 8.60. The van der Waals surface area contributed by atoms with Crippen LogP contribution in [0.25, 0.3) is 11.3 Å². The summed E-state index contributed by atoms with van der Waals surface area (Å²) < 4.78 is 42.7. The average molecular weight is 455 g/mol. The molecule has 0 aliphatic heterocycles. The summed E-state index contributed by atoms with van der Waals surface area (Å²) in [5.41, 5.74) is 6.43. The number of nitrogens with zero attached hydrogens (tertiary/aromatic N) is 2. The van der Waals surface area contributed by atoms with E-state index in [1.807, 2.05) is 13.0 Å². The lowest BCUT2D eigenvalue weighted by Gasteiger charge is -2.36. The van der Waals surface area contributed by atoms with Gasteiger partial charge in [-0.1, -0.05) is 13.0 Å². The van der Waals surface area contributed by atoms with Crippen LogP contribution in [0.3, 0.4) is 0 Å². The summed E-state index contributed by atoms with van der Waals surface area (Å²) in [6.07, 6.45) is 3.88. The minimum absolute atomic E-state index is 0.00690. The molecule has 172 valence electrons. The van der Waals surface area contributed by atoms with Gasteiger partial charge in [0.05, 0.1) is 11.7 Å². The number of carbonyl (C=O) groups excluding carboxylic acids is 1. The fraction of sp³-hybridized carbons (Fsp3) is 0.320. The summed E-state index contributed by atoms with van der Waals surface area (Å²) >= 11 is 0. The van der Waals surface area contributed by atoms with Crippen molar-refractivity contribution in [3.05, 3.63) is 83.1 Å². The molecule has 1 aliphatic rings. The van der Waals surface area contributed by atoms with Gasteiger partial charge in [0.25, 0.3) is 0 Å². The Bertz CT molecular complexity index is 1160. The van der Waals surface area contributed by atoms with Crippen molar-refractivity contribution in [2.45, 2.75) is 44.2 Å². The maximum Gasteiger partial charge on any atom is 0.185 e. The predicted molar refractivity (Wildman–Crippen MR) is 117 cm³/mol. The average Bonchev–Trinajstić information content (AvgIpc) is 2.78. The number of aliphatic hydroxyl groups excluding tert-OH is 1. The fourth-order valence-corrected chi connectivity index (χ4v) is 4.57. The van der Waals surface area contributed by atoms with Gasteiger partial charge in [-0.05, 0) is 66.1 Å². The normalized spacial score (nSPS) is 22.8. The van der Waals surface area contributed by atoms with Crippen molar-refractivity contribution in [1.82, 2.24) is 9.97 Å². The zero-order valence-electron chi connectivity index (χ0n) is 18.0. The molecule has 0 radical (unpaired) electrons. The quantitative estimate of drug-likeness (QED) is 0.564. The third kappa shape index (κ3) is 4.67. The third-order valence-electron chi connectivity index (χ3n) is 6.30. The van der Waals surface area contributed by atoms with Crippen LogP contribution < -0.4 is 5.73 Å². The number of aromatic nitrogens is 2. The van der Waals surface area contributed by atoms with Crippen molar-refractivity contribution in [2.75, 3.05) is 0 Å². The highest BCUT2D eigenvalue weighted by atomic mass is 19.1. The lowest BCUT2D eigenvalue weighted by atomic mass is 9.74. The number of carbonyl (C=O) groups is 1. The smallest absolute Gasteiger partial charge is 0.185 e. The van der Waals surface area contributed by atoms with E-state index in [1.165, 1.54) is 12.1 Å². The number of nitrogens with two attached hydrogens (primary N) is 1. The molecule has 4 rings (SSSR count). The Morgan fingerprint density at radius 2 is 1.82 bits per heavy atom. The van der Waals surface area contributed by atoms with E-state index in [1.54, 1.807) is 12.4 Å². The zero-order valence-corrected chi connectivity index (χ0v) is 18.0. The van der Waals surface area contributed by atoms with E-state index in [9.17, 15) is 23.1 Å². The molecule has 1 aliphatic carbocycles. The van der Waals surface area contributed by atoms with Crippen LogP contribution in [0.1, 0.15) is 47.3 Å². The molecule has 0 unspecified atom stereocenters. The first-order valence-electron chi connectivity index (χ1n) is 10.8. The summed E-state index contributed by atoms with van der Waals surface area (Å²) in [5, 5.41) is 10.2. The van der Waals surface area contributed by atoms with E-state index in [0.29, 0.717) is 18.4 Å². The zero-order chi connectivity index (χ0) is 23.7. The van der Waals surface area contributed by atoms with Crippen LogP contribution in [0.15, 0.2) is 48.8 Å². The van der Waals surface area contributed by atoms with Gasteiger partial charge in [0.1, 0.15) is 28.8 Å². The Balaban J connectivity index is 1.63. The van der Waals surface area contributed by atoms with Gasteiger partial charge in [0.2, 0.25) is 0 Å². The molecule has 2 aromatic heterocycles. The first-order chi connectivity index (χ1) is 15.8. The Labute approximate surface area is 189 Å². The lowest BCUT2D eigenvalue weighted by molar-refractivity contribution is 0.0519. The molecule has 3 N–H and O–H groups in total. The van der Waals surface area contributed by atoms with Gasteiger partial charge in [-0.15, -0.1) is 0 Å². The van der Waals surface area contributed by atoms with Gasteiger partial charge < -0.3 is 10.8 Å². The van der Waals surface area contributed by atoms with Crippen LogP contribution in [0.2, 0.25) is 0 Å². The van der Waals surface area contributed by atoms with Crippen LogP contribution in [0.5, 0.6) is 0 Å². The van der Waals surface area contributed by atoms with Crippen LogP contribution in [-0.2, 0) is 6.42 Å². The SMILES string of the molecule is C[C@@H]1C[C@@H](c2ccncc2CC(=O)c2ccc(F)c(-c3c(F)cccc3F)n2)C[C@@H](N)[C@H]1O. The monoisotopic (exact) mass is 455 g/mol. The Morgan fingerprint density at radius 1 is 1.09 bits per heavy atom. The number of Topliss-reactive ketones (excluding diaryl/α,β-unsaturated/α-hetero) is 1. The Hall–Kier alpha value is -3.10. The highest BCUT2D eigenvalue weighted by molar-refractivity contribution is 5.96. The van der Waals surface area contributed by atoms with Crippen molar-refractivity contribution >= 4 is 5.78 Å². The molecule has 4 atom stereocenters. The van der Waals surface area contributed by atoms with E-state index in [2.05, 4.69) is 9.97 Å². The van der Waals surface area contributed by atoms with E-state index < -0.39 is 40.6 Å². The van der Waals surface area contributed by atoms with Crippen molar-refractivity contribution in [3.8, 4) is 11.3 Å². The molecular formula is C25H24F3N3O2. The molecule has 1 saturated carbocycles. The molecule has 2 heterocycles. The van der Waals surface area contributed by atoms with Gasteiger partial charge in [-0.25, -0.2) is 18.2 Å². The highest BCUT2D eigenvalue weighted by Gasteiger charge is 2.34. The molecule has 0 saturated heterocycles. The number of hydrogen-bond acceptors (Lipinski definition) is 5. The third-order valence-corrected chi connectivity index (χ3v) is 6.30. The number of pyridine rings is 2. The maximum absolute atomic E-state index is 14.4. The summed E-state index contributed by atoms with van der Waals surface area (Å²) in [4.78, 5) is 21.1. The molecule has 5 nitrogen and oxygen atoms in total. The summed E-state index contributed by atoms with van der Waals surface area (Å²) in [6, 6.07) is 6.82. The number of rotatable bonds is 5. The molecule has 8 heteroatoms. The predicted octanol–water partition coefficient (Wildman–Crippen LogP) is 4.19. The first kappa shape index (κ1) is 23.1. The lowest BCUT2D eigenvalue weighted by Crippen LogP contribution is -2.44. The number of hydrogen-bond donors (Lipinski definition) is 2. The summed E-state index contributed by atoms with van der Waals surface area (Å²) in [5.74, 6) is -3.24. The molecule has 1 fully saturated rings. The number of aliphatic hydroxyl groups is 1. The number of benzene rings is 1. The van der Waals surface area contributed by atoms with Crippen LogP contribution >= 0.6 is 0 Å². The standard InChI is InChI=1S/C25H24F3N3O2/c1-13-9-14(10-20(29)25(13)33)16-7-8-30-12-15(16)11-22(32)21-6-5-19(28)24(31-21)23-17(26)3-2-4-18(23)27/h2-8,12-14,20,25,33H,9-11,29H2,1H3/t13-,14-,20-,25+/m1/s1. The molecule has 3 aromatic rings. The van der Waals surface area contributed by atoms with Crippen LogP contribution in [-0.4, -0.2) is 33.0 Å². The van der Waals surface area contributed by atoms with Crippen molar-refractivity contribution in [3.63, 3.8) is 0 Å². The molecule has 0 bridgehead atoms. The van der Waals surface area contributed by atoms with E-state index >= 15 is 0 Å². The van der Waals surface area contributed by atoms with Gasteiger partial charge in [0, 0.05) is 24.9 Å². The van der Waals surface area contributed by atoms with Crippen molar-refractivity contribution < 1.29 is 23.1 Å². The van der Waals surface area contributed by atoms with Crippen molar-refractivity contribution in [2.24, 2.45) is 11.7 Å². The minimum Gasteiger partial charge on any atom is -0.391 e. The van der Waals surface area contributed by atoms with Crippen LogP contribution in [0, 0.1) is 23.4 Å². The Morgan fingerprint density at radius 3 is 2.52 bits per heavy atom.